The number of aryl methyl sites for hydroxylation is 2. The number of amides is 1. The van der Waals surface area contributed by atoms with E-state index in [9.17, 15) is 14.4 Å². The van der Waals surface area contributed by atoms with Crippen LogP contribution in [0.2, 0.25) is 0 Å². The van der Waals surface area contributed by atoms with Crippen molar-refractivity contribution in [3.8, 4) is 0 Å². The van der Waals surface area contributed by atoms with Crippen molar-refractivity contribution in [1.29, 1.82) is 0 Å². The fraction of sp³-hybridized carbons (Fsp3) is 0.476. The Labute approximate surface area is 170 Å². The molecule has 2 rings (SSSR count). The Hall–Kier alpha value is -2.87. The van der Waals surface area contributed by atoms with E-state index in [1.807, 2.05) is 39.8 Å². The van der Waals surface area contributed by atoms with Gasteiger partial charge >= 0.3 is 5.69 Å². The molecule has 158 valence electrons. The first kappa shape index (κ1) is 22.4. The van der Waals surface area contributed by atoms with Crippen molar-refractivity contribution in [3.05, 3.63) is 55.7 Å². The lowest BCUT2D eigenvalue weighted by Gasteiger charge is -2.25. The Bertz CT molecular complexity index is 991. The molecule has 0 spiro atoms. The highest BCUT2D eigenvalue weighted by Gasteiger charge is 2.26. The summed E-state index contributed by atoms with van der Waals surface area (Å²) in [5.41, 5.74) is 7.28. The van der Waals surface area contributed by atoms with Gasteiger partial charge < -0.3 is 15.4 Å². The molecule has 1 aromatic heterocycles. The summed E-state index contributed by atoms with van der Waals surface area (Å²) in [7, 11) is 1.57. The predicted molar refractivity (Wildman–Crippen MR) is 115 cm³/mol. The summed E-state index contributed by atoms with van der Waals surface area (Å²) in [5, 5.41) is 0. The van der Waals surface area contributed by atoms with Crippen molar-refractivity contribution in [2.45, 2.75) is 40.7 Å². The SMILES string of the molecule is COCCCN(C(=O)c1ccc(C)cc1C)c1c(N)n(CC(C)C)c(=O)[nH]c1=O. The average Bonchev–Trinajstić information content (AvgIpc) is 2.63. The van der Waals surface area contributed by atoms with E-state index in [2.05, 4.69) is 4.98 Å². The molecule has 29 heavy (non-hydrogen) atoms. The van der Waals surface area contributed by atoms with Crippen molar-refractivity contribution in [1.82, 2.24) is 9.55 Å². The van der Waals surface area contributed by atoms with Crippen LogP contribution in [0, 0.1) is 19.8 Å². The smallest absolute Gasteiger partial charge is 0.330 e. The number of hydrogen-bond acceptors (Lipinski definition) is 5. The lowest BCUT2D eigenvalue weighted by molar-refractivity contribution is 0.0982. The van der Waals surface area contributed by atoms with Crippen molar-refractivity contribution in [3.63, 3.8) is 0 Å². The normalized spacial score (nSPS) is 11.1. The van der Waals surface area contributed by atoms with Gasteiger partial charge in [-0.25, -0.2) is 4.79 Å². The van der Waals surface area contributed by atoms with Crippen LogP contribution >= 0.6 is 0 Å². The monoisotopic (exact) mass is 402 g/mol. The van der Waals surface area contributed by atoms with Gasteiger partial charge in [0.2, 0.25) is 0 Å². The van der Waals surface area contributed by atoms with Gasteiger partial charge in [-0.05, 0) is 37.8 Å². The summed E-state index contributed by atoms with van der Waals surface area (Å²) in [6, 6.07) is 5.50. The third-order valence-electron chi connectivity index (χ3n) is 4.62. The quantitative estimate of drug-likeness (QED) is 0.657. The number of carbonyl (C=O) groups is 1. The molecular weight excluding hydrogens is 372 g/mol. The Morgan fingerprint density at radius 3 is 2.55 bits per heavy atom. The van der Waals surface area contributed by atoms with Crippen LogP contribution in [0.3, 0.4) is 0 Å². The van der Waals surface area contributed by atoms with Gasteiger partial charge in [0.1, 0.15) is 5.82 Å². The number of hydrogen-bond donors (Lipinski definition) is 2. The van der Waals surface area contributed by atoms with E-state index in [0.29, 0.717) is 25.1 Å². The minimum absolute atomic E-state index is 0.00803. The fourth-order valence-corrected chi connectivity index (χ4v) is 3.27. The lowest BCUT2D eigenvalue weighted by Crippen LogP contribution is -2.42. The number of benzene rings is 1. The van der Waals surface area contributed by atoms with Gasteiger partial charge in [-0.3, -0.25) is 19.1 Å². The maximum atomic E-state index is 13.4. The molecule has 0 radical (unpaired) electrons. The second kappa shape index (κ2) is 9.56. The summed E-state index contributed by atoms with van der Waals surface area (Å²) in [5.74, 6) is -0.223. The van der Waals surface area contributed by atoms with Crippen molar-refractivity contribution < 1.29 is 9.53 Å². The Morgan fingerprint density at radius 2 is 1.97 bits per heavy atom. The van der Waals surface area contributed by atoms with Crippen molar-refractivity contribution in [2.24, 2.45) is 5.92 Å². The number of nitrogen functional groups attached to an aromatic ring is 1. The number of aromatic amines is 1. The molecule has 0 bridgehead atoms. The minimum atomic E-state index is -0.678. The third kappa shape index (κ3) is 5.14. The molecule has 8 nitrogen and oxygen atoms in total. The topological polar surface area (TPSA) is 110 Å². The van der Waals surface area contributed by atoms with Gasteiger partial charge in [-0.15, -0.1) is 0 Å². The molecule has 3 N–H and O–H groups in total. The molecule has 0 fully saturated rings. The molecule has 2 aromatic rings. The average molecular weight is 402 g/mol. The zero-order valence-corrected chi connectivity index (χ0v) is 17.7. The number of nitrogens with zero attached hydrogens (tertiary/aromatic N) is 2. The number of methoxy groups -OCH3 is 1. The predicted octanol–water partition coefficient (Wildman–Crippen LogP) is 2.07. The third-order valence-corrected chi connectivity index (χ3v) is 4.62. The molecule has 0 aliphatic rings. The van der Waals surface area contributed by atoms with E-state index >= 15 is 0 Å². The highest BCUT2D eigenvalue weighted by Crippen LogP contribution is 2.22. The first-order valence-electron chi connectivity index (χ1n) is 9.68. The van der Waals surface area contributed by atoms with Crippen LogP contribution in [-0.4, -0.2) is 35.7 Å². The van der Waals surface area contributed by atoms with E-state index in [1.54, 1.807) is 13.2 Å². The fourth-order valence-electron chi connectivity index (χ4n) is 3.27. The van der Waals surface area contributed by atoms with Crippen LogP contribution in [-0.2, 0) is 11.3 Å². The summed E-state index contributed by atoms with van der Waals surface area (Å²) >= 11 is 0. The van der Waals surface area contributed by atoms with E-state index in [-0.39, 0.29) is 29.9 Å². The molecule has 0 saturated heterocycles. The molecule has 0 aliphatic heterocycles. The molecule has 1 heterocycles. The summed E-state index contributed by atoms with van der Waals surface area (Å²) < 4.78 is 6.40. The highest BCUT2D eigenvalue weighted by molar-refractivity contribution is 6.08. The van der Waals surface area contributed by atoms with Crippen molar-refractivity contribution >= 4 is 17.4 Å². The van der Waals surface area contributed by atoms with Crippen LogP contribution in [0.5, 0.6) is 0 Å². The van der Waals surface area contributed by atoms with Gasteiger partial charge in [0.15, 0.2) is 5.69 Å². The molecule has 8 heteroatoms. The van der Waals surface area contributed by atoms with Gasteiger partial charge in [-0.1, -0.05) is 31.5 Å². The van der Waals surface area contributed by atoms with Crippen LogP contribution in [0.15, 0.2) is 27.8 Å². The molecule has 0 aliphatic carbocycles. The molecule has 0 saturated carbocycles. The first-order chi connectivity index (χ1) is 13.7. The maximum Gasteiger partial charge on any atom is 0.330 e. The second-order valence-electron chi connectivity index (χ2n) is 7.62. The minimum Gasteiger partial charge on any atom is -0.385 e. The number of nitrogens with two attached hydrogens (primary N) is 1. The Kier molecular flexibility index (Phi) is 7.39. The number of carbonyl (C=O) groups excluding carboxylic acids is 1. The van der Waals surface area contributed by atoms with E-state index in [1.165, 1.54) is 9.47 Å². The largest absolute Gasteiger partial charge is 0.385 e. The van der Waals surface area contributed by atoms with Crippen molar-refractivity contribution in [2.75, 3.05) is 30.9 Å². The number of ether oxygens (including phenoxy) is 1. The molecular formula is C21H30N4O4. The standard InChI is InChI=1S/C21H30N4O4/c1-13(2)12-25-18(22)17(19(26)23-21(25)28)24(9-6-10-29-5)20(27)16-8-7-14(3)11-15(16)4/h7-8,11,13H,6,9-10,12,22H2,1-5H3,(H,23,26,28). The zero-order valence-electron chi connectivity index (χ0n) is 17.7. The maximum absolute atomic E-state index is 13.4. The molecule has 0 atom stereocenters. The van der Waals surface area contributed by atoms with Gasteiger partial charge in [0.25, 0.3) is 11.5 Å². The molecule has 0 unspecified atom stereocenters. The number of aromatic nitrogens is 2. The van der Waals surface area contributed by atoms with Crippen LogP contribution in [0.25, 0.3) is 0 Å². The number of rotatable bonds is 8. The molecule has 1 amide bonds. The number of nitrogens with one attached hydrogen (secondary N) is 1. The summed E-state index contributed by atoms with van der Waals surface area (Å²) in [4.78, 5) is 42.0. The first-order valence-corrected chi connectivity index (χ1v) is 9.68. The van der Waals surface area contributed by atoms with Crippen LogP contribution in [0.1, 0.15) is 41.8 Å². The summed E-state index contributed by atoms with van der Waals surface area (Å²) in [6.45, 7) is 8.65. The van der Waals surface area contributed by atoms with E-state index < -0.39 is 11.2 Å². The zero-order chi connectivity index (χ0) is 21.7. The Morgan fingerprint density at radius 1 is 1.28 bits per heavy atom. The summed E-state index contributed by atoms with van der Waals surface area (Å²) in [6.07, 6.45) is 0.509. The van der Waals surface area contributed by atoms with Gasteiger partial charge in [0, 0.05) is 32.4 Å². The van der Waals surface area contributed by atoms with Crippen LogP contribution in [0.4, 0.5) is 11.5 Å². The van der Waals surface area contributed by atoms with Gasteiger partial charge in [0.05, 0.1) is 0 Å². The Balaban J connectivity index is 2.62. The van der Waals surface area contributed by atoms with E-state index in [4.69, 9.17) is 10.5 Å². The second-order valence-corrected chi connectivity index (χ2v) is 7.62. The number of anilines is 2. The number of H-pyrrole nitrogens is 1. The van der Waals surface area contributed by atoms with E-state index in [0.717, 1.165) is 11.1 Å². The molecule has 1 aromatic carbocycles. The van der Waals surface area contributed by atoms with Gasteiger partial charge in [-0.2, -0.15) is 0 Å². The highest BCUT2D eigenvalue weighted by atomic mass is 16.5. The lowest BCUT2D eigenvalue weighted by atomic mass is 10.0. The van der Waals surface area contributed by atoms with Crippen LogP contribution < -0.4 is 21.9 Å².